The van der Waals surface area contributed by atoms with Crippen LogP contribution in [0.1, 0.15) is 192 Å². The molecular formula is C41H70O4S. The van der Waals surface area contributed by atoms with E-state index in [9.17, 15) is 13.0 Å². The van der Waals surface area contributed by atoms with Gasteiger partial charge < -0.3 is 4.79 Å². The van der Waals surface area contributed by atoms with Crippen molar-refractivity contribution >= 4 is 27.7 Å². The van der Waals surface area contributed by atoms with Crippen molar-refractivity contribution in [2.24, 2.45) is 0 Å². The largest absolute Gasteiger partial charge is 0.307 e. The molecule has 0 amide bonds. The summed E-state index contributed by atoms with van der Waals surface area (Å²) in [5.74, 6) is 0. The van der Waals surface area contributed by atoms with E-state index in [0.29, 0.717) is 0 Å². The molecule has 2 aromatic rings. The van der Waals surface area contributed by atoms with Gasteiger partial charge in [0.05, 0.1) is 0 Å². The molecule has 0 unspecified atom stereocenters. The fourth-order valence-electron chi connectivity index (χ4n) is 7.04. The third kappa shape index (κ3) is 16.9. The molecule has 0 saturated heterocycles. The average Bonchev–Trinajstić information content (AvgIpc) is 3.05. The van der Waals surface area contributed by atoms with E-state index in [2.05, 4.69) is 26.8 Å². The maximum Gasteiger partial charge on any atom is 0.295 e. The van der Waals surface area contributed by atoms with Crippen molar-refractivity contribution < 1.29 is 17.8 Å². The van der Waals surface area contributed by atoms with Crippen molar-refractivity contribution in [3.63, 3.8) is 0 Å². The second-order valence-electron chi connectivity index (χ2n) is 13.5. The zero-order chi connectivity index (χ0) is 33.9. The van der Waals surface area contributed by atoms with Gasteiger partial charge in [0.15, 0.2) is 0 Å². The Morgan fingerprint density at radius 1 is 0.457 bits per heavy atom. The highest BCUT2D eigenvalue weighted by molar-refractivity contribution is 7.86. The molecule has 1 N–H and O–H groups in total. The molecule has 5 heteroatoms. The molecule has 0 aromatic heterocycles. The summed E-state index contributed by atoms with van der Waals surface area (Å²) in [6.07, 6.45) is 32.8. The number of aryl methyl sites for hydroxylation is 1. The Hall–Kier alpha value is -1.72. The van der Waals surface area contributed by atoms with Crippen LogP contribution in [0.2, 0.25) is 0 Å². The lowest BCUT2D eigenvalue weighted by atomic mass is 9.86. The molecule has 0 aliphatic carbocycles. The van der Waals surface area contributed by atoms with Crippen LogP contribution in [0.3, 0.4) is 0 Å². The van der Waals surface area contributed by atoms with Gasteiger partial charge in [-0.15, -0.1) is 0 Å². The minimum atomic E-state index is -4.35. The van der Waals surface area contributed by atoms with Crippen LogP contribution in [0, 0.1) is 0 Å². The number of unbranched alkanes of at least 4 members (excludes halogenated alkanes) is 21. The van der Waals surface area contributed by atoms with Crippen molar-refractivity contribution in [3.05, 3.63) is 41.0 Å². The summed E-state index contributed by atoms with van der Waals surface area (Å²) in [7, 11) is -4.35. The van der Waals surface area contributed by atoms with Gasteiger partial charge in [-0.3, -0.25) is 4.55 Å². The predicted molar refractivity (Wildman–Crippen MR) is 200 cm³/mol. The van der Waals surface area contributed by atoms with Gasteiger partial charge in [0.25, 0.3) is 10.1 Å². The van der Waals surface area contributed by atoms with Gasteiger partial charge in [0.1, 0.15) is 11.7 Å². The minimum Gasteiger partial charge on any atom is -0.307 e. The lowest BCUT2D eigenvalue weighted by molar-refractivity contribution is -0.0980. The molecule has 0 fully saturated rings. The highest BCUT2D eigenvalue weighted by Crippen LogP contribution is 2.37. The molecule has 4 nitrogen and oxygen atoms in total. The van der Waals surface area contributed by atoms with Crippen LogP contribution >= 0.6 is 0 Å². The Bertz CT molecular complexity index is 1140. The fraction of sp³-hybridized carbons (Fsp3) is 0.732. The smallest absolute Gasteiger partial charge is 0.295 e. The molecular weight excluding hydrogens is 589 g/mol. The van der Waals surface area contributed by atoms with Gasteiger partial charge in [0.2, 0.25) is 0 Å². The van der Waals surface area contributed by atoms with Gasteiger partial charge in [-0.1, -0.05) is 180 Å². The van der Waals surface area contributed by atoms with E-state index in [1.165, 1.54) is 140 Å². The highest BCUT2D eigenvalue weighted by Gasteiger charge is 2.25. The Kier molecular flexibility index (Phi) is 25.1. The van der Waals surface area contributed by atoms with Crippen molar-refractivity contribution in [2.75, 3.05) is 0 Å². The van der Waals surface area contributed by atoms with Crippen LogP contribution in [-0.2, 0) is 34.2 Å². The van der Waals surface area contributed by atoms with Crippen molar-refractivity contribution in [1.82, 2.24) is 0 Å². The van der Waals surface area contributed by atoms with E-state index in [0.717, 1.165) is 61.3 Å². The molecule has 0 radical (unpaired) electrons. The van der Waals surface area contributed by atoms with Gasteiger partial charge in [-0.05, 0) is 60.6 Å². The highest BCUT2D eigenvalue weighted by atomic mass is 32.2. The summed E-state index contributed by atoms with van der Waals surface area (Å²) in [5, 5.41) is 1.76. The Labute approximate surface area is 284 Å². The number of hydrogen-bond donors (Lipinski definition) is 1. The lowest BCUT2D eigenvalue weighted by Crippen LogP contribution is -2.12. The van der Waals surface area contributed by atoms with E-state index in [4.69, 9.17) is 4.79 Å². The summed E-state index contributed by atoms with van der Waals surface area (Å²) in [5.41, 5.74) is 3.53. The Morgan fingerprint density at radius 3 is 1.13 bits per heavy atom. The summed E-state index contributed by atoms with van der Waals surface area (Å²) in [4.78, 5) is 8.20. The summed E-state index contributed by atoms with van der Waals surface area (Å²) in [6.45, 7) is 8.79. The first-order valence-electron chi connectivity index (χ1n) is 19.3. The van der Waals surface area contributed by atoms with E-state index in [-0.39, 0.29) is 4.90 Å². The minimum absolute atomic E-state index is 0.199. The summed E-state index contributed by atoms with van der Waals surface area (Å²) >= 11 is 0. The van der Waals surface area contributed by atoms with Crippen molar-refractivity contribution in [1.29, 1.82) is 0 Å². The maximum absolute atomic E-state index is 13.0. The standard InChI is InChI=1S/C40H68O3S.CH2O/c1-4-7-10-13-16-19-22-25-30-35-36(31-26-23-20-17-14-11-8-5-2)38(33-27-24-21-18-15-12-9-6-3)40(44(41,42)43)39-34-29-28-32-37(35)39;1-2/h28-29,32,34H,4-27,30-31,33H2,1-3H3,(H,41,42,43);1H2. The third-order valence-corrected chi connectivity index (χ3v) is 10.6. The third-order valence-electron chi connectivity index (χ3n) is 9.60. The van der Waals surface area contributed by atoms with Crippen LogP contribution in [0.5, 0.6) is 0 Å². The number of carbonyl (C=O) groups is 1. The van der Waals surface area contributed by atoms with E-state index >= 15 is 0 Å². The molecule has 0 bridgehead atoms. The summed E-state index contributed by atoms with van der Waals surface area (Å²) < 4.78 is 36.7. The van der Waals surface area contributed by atoms with Crippen LogP contribution in [0.15, 0.2) is 29.2 Å². The number of rotatable bonds is 28. The van der Waals surface area contributed by atoms with E-state index < -0.39 is 10.1 Å². The fourth-order valence-corrected chi connectivity index (χ4v) is 8.03. The van der Waals surface area contributed by atoms with Gasteiger partial charge >= 0.3 is 0 Å². The first kappa shape index (κ1) is 42.3. The van der Waals surface area contributed by atoms with E-state index in [1.54, 1.807) is 0 Å². The first-order valence-corrected chi connectivity index (χ1v) is 20.7. The molecule has 0 saturated carbocycles. The molecule has 0 aliphatic heterocycles. The van der Waals surface area contributed by atoms with Crippen LogP contribution in [0.25, 0.3) is 10.8 Å². The summed E-state index contributed by atoms with van der Waals surface area (Å²) in [6, 6.07) is 7.98. The van der Waals surface area contributed by atoms with Crippen LogP contribution in [-0.4, -0.2) is 19.8 Å². The molecule has 46 heavy (non-hydrogen) atoms. The molecule has 0 spiro atoms. The molecule has 2 rings (SSSR count). The molecule has 0 aliphatic rings. The van der Waals surface area contributed by atoms with Crippen molar-refractivity contribution in [2.45, 2.75) is 199 Å². The molecule has 264 valence electrons. The second-order valence-corrected chi connectivity index (χ2v) is 14.8. The quantitative estimate of drug-likeness (QED) is 0.0729. The predicted octanol–water partition coefficient (Wildman–Crippen LogP) is 13.0. The van der Waals surface area contributed by atoms with Crippen LogP contribution < -0.4 is 0 Å². The monoisotopic (exact) mass is 658 g/mol. The van der Waals surface area contributed by atoms with Crippen molar-refractivity contribution in [3.8, 4) is 0 Å². The van der Waals surface area contributed by atoms with Crippen LogP contribution in [0.4, 0.5) is 0 Å². The van der Waals surface area contributed by atoms with Gasteiger partial charge in [-0.25, -0.2) is 0 Å². The Morgan fingerprint density at radius 2 is 0.761 bits per heavy atom. The Balaban J connectivity index is 0.00000518. The average molecular weight is 659 g/mol. The number of fused-ring (bicyclic) bond motifs is 1. The van der Waals surface area contributed by atoms with Gasteiger partial charge in [0, 0.05) is 5.39 Å². The molecule has 0 heterocycles. The van der Waals surface area contributed by atoms with E-state index in [1.807, 2.05) is 25.0 Å². The normalized spacial score (nSPS) is 11.6. The lowest BCUT2D eigenvalue weighted by Gasteiger charge is -2.22. The zero-order valence-corrected chi connectivity index (χ0v) is 31.0. The van der Waals surface area contributed by atoms with Gasteiger partial charge in [-0.2, -0.15) is 8.42 Å². The zero-order valence-electron chi connectivity index (χ0n) is 30.2. The number of carbonyl (C=O) groups excluding carboxylic acids is 1. The number of benzene rings is 2. The first-order chi connectivity index (χ1) is 22.5. The molecule has 0 atom stereocenters. The topological polar surface area (TPSA) is 71.4 Å². The second kappa shape index (κ2) is 27.3. The SMILES string of the molecule is C=O.CCCCCCCCCCc1c(CCCCCCCCCC)c(S(=O)(=O)O)c2ccccc2c1CCCCCCCCCC. The molecule has 2 aromatic carbocycles. The number of hydrogen-bond acceptors (Lipinski definition) is 3. The maximum atomic E-state index is 13.0.